The molecule has 6 nitrogen and oxygen atoms in total. The molecule has 2 amide bonds. The lowest BCUT2D eigenvalue weighted by Gasteiger charge is -2.17. The van der Waals surface area contributed by atoms with E-state index in [1.165, 1.54) is 0 Å². The summed E-state index contributed by atoms with van der Waals surface area (Å²) in [6.07, 6.45) is 0. The van der Waals surface area contributed by atoms with Crippen molar-refractivity contribution in [1.82, 2.24) is 10.2 Å². The van der Waals surface area contributed by atoms with Crippen LogP contribution < -0.4 is 15.4 Å². The van der Waals surface area contributed by atoms with Crippen molar-refractivity contribution in [3.8, 4) is 5.75 Å². The molecule has 0 atom stereocenters. The summed E-state index contributed by atoms with van der Waals surface area (Å²) in [6.45, 7) is 1.69. The number of hydrogen-bond donors (Lipinski definition) is 2. The highest BCUT2D eigenvalue weighted by molar-refractivity contribution is 6.04. The van der Waals surface area contributed by atoms with E-state index in [0.717, 1.165) is 11.3 Å². The molecule has 160 valence electrons. The monoisotopic (exact) mass is 417 g/mol. The smallest absolute Gasteiger partial charge is 0.253 e. The van der Waals surface area contributed by atoms with Gasteiger partial charge in [0, 0.05) is 13.1 Å². The van der Waals surface area contributed by atoms with Crippen molar-refractivity contribution in [2.24, 2.45) is 0 Å². The molecule has 31 heavy (non-hydrogen) atoms. The molecule has 0 aliphatic rings. The van der Waals surface area contributed by atoms with E-state index in [2.05, 4.69) is 10.6 Å². The maximum Gasteiger partial charge on any atom is 0.253 e. The van der Waals surface area contributed by atoms with Crippen LogP contribution in [0.2, 0.25) is 0 Å². The molecule has 0 aromatic heterocycles. The first-order chi connectivity index (χ1) is 15.1. The Labute approximate surface area is 182 Å². The van der Waals surface area contributed by atoms with E-state index in [9.17, 15) is 9.59 Å². The van der Waals surface area contributed by atoms with Crippen LogP contribution >= 0.6 is 0 Å². The average Bonchev–Trinajstić information content (AvgIpc) is 2.79. The van der Waals surface area contributed by atoms with Gasteiger partial charge in [0.1, 0.15) is 12.4 Å². The molecule has 3 aromatic carbocycles. The minimum Gasteiger partial charge on any atom is -0.492 e. The molecular weight excluding hydrogens is 390 g/mol. The fraction of sp³-hybridized carbons (Fsp3) is 0.200. The number of hydrogen-bond acceptors (Lipinski definition) is 4. The molecule has 0 saturated heterocycles. The summed E-state index contributed by atoms with van der Waals surface area (Å²) < 4.78 is 5.66. The third-order valence-electron chi connectivity index (χ3n) is 4.64. The predicted molar refractivity (Wildman–Crippen MR) is 122 cm³/mol. The molecule has 0 spiro atoms. The number of ether oxygens (including phenoxy) is 1. The van der Waals surface area contributed by atoms with Crippen molar-refractivity contribution < 1.29 is 14.3 Å². The number of rotatable bonds is 10. The second kappa shape index (κ2) is 11.5. The number of anilines is 1. The van der Waals surface area contributed by atoms with Gasteiger partial charge >= 0.3 is 0 Å². The largest absolute Gasteiger partial charge is 0.492 e. The predicted octanol–water partition coefficient (Wildman–Crippen LogP) is 3.57. The highest BCUT2D eigenvalue weighted by atomic mass is 16.5. The number of para-hydroxylation sites is 2. The Balaban J connectivity index is 1.48. The van der Waals surface area contributed by atoms with E-state index in [1.807, 2.05) is 72.6 Å². The zero-order valence-corrected chi connectivity index (χ0v) is 17.6. The van der Waals surface area contributed by atoms with Crippen LogP contribution in [0.3, 0.4) is 0 Å². The first kappa shape index (κ1) is 22.1. The topological polar surface area (TPSA) is 70.7 Å². The zero-order valence-electron chi connectivity index (χ0n) is 17.6. The standard InChI is InChI=1S/C25H27N3O3/c1-28(16-17-31-21-12-6-3-7-13-21)19-24(29)27-23-15-9-8-14-22(23)25(30)26-18-20-10-4-2-5-11-20/h2-15H,16-19H2,1H3,(H,26,30)(H,27,29). The quantitative estimate of drug-likeness (QED) is 0.529. The van der Waals surface area contributed by atoms with Crippen molar-refractivity contribution in [1.29, 1.82) is 0 Å². The fourth-order valence-corrected chi connectivity index (χ4v) is 3.01. The van der Waals surface area contributed by atoms with Crippen molar-refractivity contribution in [2.45, 2.75) is 6.54 Å². The van der Waals surface area contributed by atoms with Crippen molar-refractivity contribution >= 4 is 17.5 Å². The lowest BCUT2D eigenvalue weighted by atomic mass is 10.1. The minimum atomic E-state index is -0.232. The average molecular weight is 418 g/mol. The highest BCUT2D eigenvalue weighted by Gasteiger charge is 2.14. The van der Waals surface area contributed by atoms with Gasteiger partial charge in [-0.25, -0.2) is 0 Å². The van der Waals surface area contributed by atoms with Gasteiger partial charge in [0.05, 0.1) is 17.8 Å². The van der Waals surface area contributed by atoms with Crippen LogP contribution in [-0.4, -0.2) is 43.5 Å². The Hall–Kier alpha value is -3.64. The van der Waals surface area contributed by atoms with Crippen LogP contribution in [0.1, 0.15) is 15.9 Å². The number of nitrogens with one attached hydrogen (secondary N) is 2. The molecule has 2 N–H and O–H groups in total. The second-order valence-corrected chi connectivity index (χ2v) is 7.16. The Morgan fingerprint density at radius 2 is 1.52 bits per heavy atom. The fourth-order valence-electron chi connectivity index (χ4n) is 3.01. The molecule has 0 heterocycles. The van der Waals surface area contributed by atoms with Crippen LogP contribution in [0.25, 0.3) is 0 Å². The van der Waals surface area contributed by atoms with Crippen LogP contribution in [0, 0.1) is 0 Å². The lowest BCUT2D eigenvalue weighted by Crippen LogP contribution is -2.33. The van der Waals surface area contributed by atoms with Gasteiger partial charge in [-0.15, -0.1) is 0 Å². The van der Waals surface area contributed by atoms with Gasteiger partial charge in [-0.05, 0) is 36.9 Å². The summed E-state index contributed by atoms with van der Waals surface area (Å²) in [7, 11) is 1.85. The van der Waals surface area contributed by atoms with Crippen molar-refractivity contribution in [2.75, 3.05) is 32.1 Å². The van der Waals surface area contributed by atoms with E-state index >= 15 is 0 Å². The Bertz CT molecular complexity index is 978. The SMILES string of the molecule is CN(CCOc1ccccc1)CC(=O)Nc1ccccc1C(=O)NCc1ccccc1. The molecule has 0 radical (unpaired) electrons. The van der Waals surface area contributed by atoms with Gasteiger partial charge in [-0.3, -0.25) is 14.5 Å². The summed E-state index contributed by atoms with van der Waals surface area (Å²) in [5.41, 5.74) is 1.94. The van der Waals surface area contributed by atoms with Gasteiger partial charge < -0.3 is 15.4 Å². The van der Waals surface area contributed by atoms with Gasteiger partial charge in [0.15, 0.2) is 0 Å². The third-order valence-corrected chi connectivity index (χ3v) is 4.64. The maximum atomic E-state index is 12.6. The molecule has 3 rings (SSSR count). The molecule has 0 unspecified atom stereocenters. The normalized spacial score (nSPS) is 10.5. The zero-order chi connectivity index (χ0) is 21.9. The summed E-state index contributed by atoms with van der Waals surface area (Å²) in [5, 5.41) is 5.74. The molecule has 0 saturated carbocycles. The molecule has 0 fully saturated rings. The molecule has 6 heteroatoms. The molecule has 0 aliphatic carbocycles. The molecular formula is C25H27N3O3. The van der Waals surface area contributed by atoms with Crippen molar-refractivity contribution in [3.63, 3.8) is 0 Å². The highest BCUT2D eigenvalue weighted by Crippen LogP contribution is 2.15. The van der Waals surface area contributed by atoms with Gasteiger partial charge in [0.2, 0.25) is 5.91 Å². The van der Waals surface area contributed by atoms with E-state index in [4.69, 9.17) is 4.74 Å². The molecule has 0 bridgehead atoms. The molecule has 0 aliphatic heterocycles. The van der Waals surface area contributed by atoms with Crippen LogP contribution in [0.4, 0.5) is 5.69 Å². The van der Waals surface area contributed by atoms with Gasteiger partial charge in [-0.1, -0.05) is 60.7 Å². The molecule has 3 aromatic rings. The maximum absolute atomic E-state index is 12.6. The summed E-state index contributed by atoms with van der Waals surface area (Å²) >= 11 is 0. The van der Waals surface area contributed by atoms with Crippen LogP contribution in [0.15, 0.2) is 84.9 Å². The minimum absolute atomic E-state index is 0.189. The van der Waals surface area contributed by atoms with E-state index < -0.39 is 0 Å². The number of carbonyl (C=O) groups excluding carboxylic acids is 2. The van der Waals surface area contributed by atoms with E-state index in [1.54, 1.807) is 24.3 Å². The number of benzene rings is 3. The first-order valence-electron chi connectivity index (χ1n) is 10.2. The first-order valence-corrected chi connectivity index (χ1v) is 10.2. The summed E-state index contributed by atoms with van der Waals surface area (Å²) in [4.78, 5) is 27.0. The number of likely N-dealkylation sites (N-methyl/N-ethyl adjacent to an activating group) is 1. The number of nitrogens with zero attached hydrogens (tertiary/aromatic N) is 1. The summed E-state index contributed by atoms with van der Waals surface area (Å²) in [5.74, 6) is 0.380. The Kier molecular flexibility index (Phi) is 8.20. The number of carbonyl (C=O) groups is 2. The van der Waals surface area contributed by atoms with E-state index in [-0.39, 0.29) is 18.4 Å². The second-order valence-electron chi connectivity index (χ2n) is 7.16. The third kappa shape index (κ3) is 7.28. The lowest BCUT2D eigenvalue weighted by molar-refractivity contribution is -0.117. The Morgan fingerprint density at radius 3 is 2.26 bits per heavy atom. The van der Waals surface area contributed by atoms with Crippen LogP contribution in [-0.2, 0) is 11.3 Å². The number of amides is 2. The van der Waals surface area contributed by atoms with Crippen LogP contribution in [0.5, 0.6) is 5.75 Å². The van der Waals surface area contributed by atoms with E-state index in [0.29, 0.717) is 30.9 Å². The van der Waals surface area contributed by atoms with Gasteiger partial charge in [-0.2, -0.15) is 0 Å². The van der Waals surface area contributed by atoms with Gasteiger partial charge in [0.25, 0.3) is 5.91 Å². The van der Waals surface area contributed by atoms with Crippen molar-refractivity contribution in [3.05, 3.63) is 96.1 Å². The Morgan fingerprint density at radius 1 is 0.871 bits per heavy atom. The summed E-state index contributed by atoms with van der Waals surface area (Å²) in [6, 6.07) is 26.2.